The van der Waals surface area contributed by atoms with Gasteiger partial charge in [-0.05, 0) is 25.9 Å². The van der Waals surface area contributed by atoms with Crippen molar-refractivity contribution < 1.29 is 0 Å². The van der Waals surface area contributed by atoms with Gasteiger partial charge in [-0.15, -0.1) is 0 Å². The fourth-order valence-corrected chi connectivity index (χ4v) is 1.19. The highest BCUT2D eigenvalue weighted by Gasteiger charge is 2.08. The fraction of sp³-hybridized carbons (Fsp3) is 1.00. The van der Waals surface area contributed by atoms with E-state index < -0.39 is 0 Å². The van der Waals surface area contributed by atoms with Crippen molar-refractivity contribution in [3.63, 3.8) is 0 Å². The molecule has 0 amide bonds. The lowest BCUT2D eigenvalue weighted by atomic mass is 10.4. The maximum atomic E-state index is 5.37. The molecule has 2 N–H and O–H groups in total. The molecule has 0 saturated carbocycles. The van der Waals surface area contributed by atoms with Crippen LogP contribution in [0.15, 0.2) is 0 Å². The second-order valence-corrected chi connectivity index (χ2v) is 2.34. The van der Waals surface area contributed by atoms with Crippen LogP contribution >= 0.6 is 0 Å². The molecule has 0 atom stereocenters. The predicted octanol–water partition coefficient (Wildman–Crippen LogP) is 2.09. The van der Waals surface area contributed by atoms with E-state index in [1.54, 1.807) is 0 Å². The molecule has 2 nitrogen and oxygen atoms in total. The van der Waals surface area contributed by atoms with E-state index >= 15 is 0 Å². The average Bonchev–Trinajstić information content (AvgIpc) is 2.65. The molecule has 2 heteroatoms. The third kappa shape index (κ3) is 8.02. The van der Waals surface area contributed by atoms with Gasteiger partial charge in [-0.25, -0.2) is 0 Å². The van der Waals surface area contributed by atoms with Gasteiger partial charge in [0.05, 0.1) is 0 Å². The Kier molecular flexibility index (Phi) is 16.3. The molecule has 76 valence electrons. The van der Waals surface area contributed by atoms with Crippen molar-refractivity contribution in [2.24, 2.45) is 5.73 Å². The third-order valence-corrected chi connectivity index (χ3v) is 1.64. The van der Waals surface area contributed by atoms with Gasteiger partial charge < -0.3 is 10.6 Å². The average molecular weight is 174 g/mol. The minimum Gasteiger partial charge on any atom is -0.329 e. The molecule has 0 aromatic carbocycles. The molecule has 0 radical (unpaired) electrons. The van der Waals surface area contributed by atoms with Crippen molar-refractivity contribution in [3.05, 3.63) is 0 Å². The van der Waals surface area contributed by atoms with Crippen LogP contribution in [-0.4, -0.2) is 31.1 Å². The summed E-state index contributed by atoms with van der Waals surface area (Å²) >= 11 is 0. The van der Waals surface area contributed by atoms with E-state index in [1.807, 2.05) is 27.7 Å². The summed E-state index contributed by atoms with van der Waals surface area (Å²) in [7, 11) is 0. The number of hydrogen-bond acceptors (Lipinski definition) is 2. The second-order valence-electron chi connectivity index (χ2n) is 2.34. The maximum absolute atomic E-state index is 5.37. The van der Waals surface area contributed by atoms with Crippen LogP contribution in [0, 0.1) is 0 Å². The molecule has 0 aromatic heterocycles. The molecule has 0 aromatic rings. The highest BCUT2D eigenvalue weighted by Crippen LogP contribution is 2.04. The SMILES string of the molecule is CC.CC.NCCN1CCCC1. The van der Waals surface area contributed by atoms with Gasteiger partial charge in [0.1, 0.15) is 0 Å². The molecule has 0 spiro atoms. The normalized spacial score (nSPS) is 15.8. The number of nitrogens with zero attached hydrogens (tertiary/aromatic N) is 1. The molecule has 1 fully saturated rings. The van der Waals surface area contributed by atoms with Crippen LogP contribution in [0.5, 0.6) is 0 Å². The predicted molar refractivity (Wildman–Crippen MR) is 57.4 cm³/mol. The van der Waals surface area contributed by atoms with Crippen molar-refractivity contribution in [1.29, 1.82) is 0 Å². The van der Waals surface area contributed by atoms with Gasteiger partial charge in [0, 0.05) is 13.1 Å². The van der Waals surface area contributed by atoms with Crippen molar-refractivity contribution >= 4 is 0 Å². The van der Waals surface area contributed by atoms with Crippen molar-refractivity contribution in [2.75, 3.05) is 26.2 Å². The summed E-state index contributed by atoms with van der Waals surface area (Å²) in [6.45, 7) is 12.5. The number of likely N-dealkylation sites (tertiary alicyclic amines) is 1. The lowest BCUT2D eigenvalue weighted by Crippen LogP contribution is -2.26. The van der Waals surface area contributed by atoms with Crippen molar-refractivity contribution in [3.8, 4) is 0 Å². The fourth-order valence-electron chi connectivity index (χ4n) is 1.19. The van der Waals surface area contributed by atoms with Gasteiger partial charge in [-0.3, -0.25) is 0 Å². The van der Waals surface area contributed by atoms with E-state index in [4.69, 9.17) is 5.73 Å². The van der Waals surface area contributed by atoms with Gasteiger partial charge in [0.2, 0.25) is 0 Å². The van der Waals surface area contributed by atoms with Gasteiger partial charge in [-0.1, -0.05) is 27.7 Å². The molecule has 1 aliphatic heterocycles. The zero-order valence-corrected chi connectivity index (χ0v) is 9.27. The Morgan fingerprint density at radius 1 is 1.00 bits per heavy atom. The lowest BCUT2D eigenvalue weighted by molar-refractivity contribution is 0.349. The van der Waals surface area contributed by atoms with Gasteiger partial charge >= 0.3 is 0 Å². The highest BCUT2D eigenvalue weighted by atomic mass is 15.1. The summed E-state index contributed by atoms with van der Waals surface area (Å²) in [6, 6.07) is 0. The summed E-state index contributed by atoms with van der Waals surface area (Å²) in [6.07, 6.45) is 2.75. The number of hydrogen-bond donors (Lipinski definition) is 1. The highest BCUT2D eigenvalue weighted by molar-refractivity contribution is 4.65. The zero-order chi connectivity index (χ0) is 9.82. The summed E-state index contributed by atoms with van der Waals surface area (Å²) in [5.41, 5.74) is 5.37. The maximum Gasteiger partial charge on any atom is 0.0105 e. The molecular weight excluding hydrogens is 148 g/mol. The molecule has 1 rings (SSSR count). The largest absolute Gasteiger partial charge is 0.329 e. The first-order chi connectivity index (χ1) is 5.93. The number of rotatable bonds is 2. The first-order valence-electron chi connectivity index (χ1n) is 5.36. The summed E-state index contributed by atoms with van der Waals surface area (Å²) < 4.78 is 0. The minimum atomic E-state index is 0.819. The monoisotopic (exact) mass is 174 g/mol. The van der Waals surface area contributed by atoms with Crippen LogP contribution < -0.4 is 5.73 Å². The Balaban J connectivity index is 0. The van der Waals surface area contributed by atoms with Crippen LogP contribution in [0.3, 0.4) is 0 Å². The van der Waals surface area contributed by atoms with Crippen LogP contribution in [0.1, 0.15) is 40.5 Å². The van der Waals surface area contributed by atoms with E-state index in [2.05, 4.69) is 4.90 Å². The Morgan fingerprint density at radius 3 is 1.75 bits per heavy atom. The Labute approximate surface area is 78.1 Å². The molecule has 0 aliphatic carbocycles. The van der Waals surface area contributed by atoms with Crippen molar-refractivity contribution in [2.45, 2.75) is 40.5 Å². The minimum absolute atomic E-state index is 0.819. The smallest absolute Gasteiger partial charge is 0.0105 e. The Morgan fingerprint density at radius 2 is 1.42 bits per heavy atom. The Bertz CT molecular complexity index is 58.9. The third-order valence-electron chi connectivity index (χ3n) is 1.64. The molecule has 0 unspecified atom stereocenters. The van der Waals surface area contributed by atoms with E-state index in [0.717, 1.165) is 13.1 Å². The van der Waals surface area contributed by atoms with Crippen LogP contribution in [0.25, 0.3) is 0 Å². The summed E-state index contributed by atoms with van der Waals surface area (Å²) in [4.78, 5) is 2.42. The lowest BCUT2D eigenvalue weighted by Gasteiger charge is -2.11. The second kappa shape index (κ2) is 13.5. The van der Waals surface area contributed by atoms with Gasteiger partial charge in [0.25, 0.3) is 0 Å². The Hall–Kier alpha value is -0.0800. The molecular formula is C10H26N2. The molecule has 0 bridgehead atoms. The molecule has 1 aliphatic rings. The van der Waals surface area contributed by atoms with E-state index in [1.165, 1.54) is 25.9 Å². The topological polar surface area (TPSA) is 29.3 Å². The van der Waals surface area contributed by atoms with Gasteiger partial charge in [-0.2, -0.15) is 0 Å². The molecule has 1 heterocycles. The van der Waals surface area contributed by atoms with Crippen LogP contribution in [-0.2, 0) is 0 Å². The first kappa shape index (κ1) is 14.4. The van der Waals surface area contributed by atoms with Gasteiger partial charge in [0.15, 0.2) is 0 Å². The standard InChI is InChI=1S/C6H14N2.2C2H6/c7-3-6-8-4-1-2-5-8;2*1-2/h1-7H2;2*1-2H3. The van der Waals surface area contributed by atoms with E-state index in [0.29, 0.717) is 0 Å². The zero-order valence-electron chi connectivity index (χ0n) is 9.27. The van der Waals surface area contributed by atoms with E-state index in [-0.39, 0.29) is 0 Å². The van der Waals surface area contributed by atoms with Crippen LogP contribution in [0.4, 0.5) is 0 Å². The summed E-state index contributed by atoms with van der Waals surface area (Å²) in [5.74, 6) is 0. The number of nitrogens with two attached hydrogens (primary N) is 1. The molecule has 1 saturated heterocycles. The van der Waals surface area contributed by atoms with Crippen LogP contribution in [0.2, 0.25) is 0 Å². The van der Waals surface area contributed by atoms with Crippen molar-refractivity contribution in [1.82, 2.24) is 4.90 Å². The quantitative estimate of drug-likeness (QED) is 0.694. The first-order valence-corrected chi connectivity index (χ1v) is 5.36. The summed E-state index contributed by atoms with van der Waals surface area (Å²) in [5, 5.41) is 0. The van der Waals surface area contributed by atoms with E-state index in [9.17, 15) is 0 Å². The molecule has 12 heavy (non-hydrogen) atoms.